The zero-order valence-electron chi connectivity index (χ0n) is 47.9. The van der Waals surface area contributed by atoms with Crippen molar-refractivity contribution < 1.29 is 4.11 Å². The predicted molar refractivity (Wildman–Crippen MR) is 315 cm³/mol. The first-order valence-corrected chi connectivity index (χ1v) is 26.8. The van der Waals surface area contributed by atoms with Crippen LogP contribution in [0.4, 0.5) is 51.2 Å². The predicted octanol–water partition coefficient (Wildman–Crippen LogP) is 17.2. The topological polar surface area (TPSA) is 9.72 Å². The smallest absolute Gasteiger partial charge is 0.252 e. The third kappa shape index (κ3) is 7.68. The van der Waals surface area contributed by atoms with Crippen LogP contribution >= 0.6 is 0 Å². The van der Waals surface area contributed by atoms with Crippen LogP contribution in [0.2, 0.25) is 0 Å². The lowest BCUT2D eigenvalue weighted by atomic mass is 9.33. The highest BCUT2D eigenvalue weighted by Crippen LogP contribution is 2.54. The van der Waals surface area contributed by atoms with Crippen LogP contribution in [0.25, 0.3) is 11.1 Å². The van der Waals surface area contributed by atoms with Crippen LogP contribution in [-0.4, -0.2) is 6.71 Å². The Morgan fingerprint density at radius 2 is 0.973 bits per heavy atom. The average Bonchev–Trinajstić information content (AvgIpc) is 3.50. The second-order valence-corrected chi connectivity index (χ2v) is 25.4. The van der Waals surface area contributed by atoms with Gasteiger partial charge in [0.1, 0.15) is 0 Å². The molecule has 0 radical (unpaired) electrons. The summed E-state index contributed by atoms with van der Waals surface area (Å²) in [6.45, 7) is 23.4. The van der Waals surface area contributed by atoms with Crippen molar-refractivity contribution in [1.82, 2.24) is 0 Å². The van der Waals surface area contributed by atoms with Crippen molar-refractivity contribution >= 4 is 74.3 Å². The lowest BCUT2D eigenvalue weighted by Crippen LogP contribution is -2.62. The molecule has 0 aromatic heterocycles. The minimum absolute atomic E-state index is 0.0254. The van der Waals surface area contributed by atoms with Gasteiger partial charge in [0, 0.05) is 55.2 Å². The number of anilines is 9. The van der Waals surface area contributed by atoms with E-state index in [4.69, 9.17) is 0 Å². The summed E-state index contributed by atoms with van der Waals surface area (Å²) in [6.07, 6.45) is 4.38. The van der Waals surface area contributed by atoms with E-state index in [1.54, 1.807) is 0 Å². The Morgan fingerprint density at radius 3 is 1.56 bits per heavy atom. The third-order valence-electron chi connectivity index (χ3n) is 17.6. The Bertz CT molecular complexity index is 3550. The number of para-hydroxylation sites is 2. The SMILES string of the molecule is [2H]C([2H])([2H])c1cc2c3c(c1)N(c1ccc(C(C)(C)C)cc1-c1ccccc1)c1ccc(N(c4ccccc4)c4ccccc4)cc1B3c1cc3c(cc1N2c1ccc2c(c1)C(C)(C)CCC2(C)C)C(C)(C)CCC3(C)C. The highest BCUT2D eigenvalue weighted by molar-refractivity contribution is 7.00. The minimum atomic E-state index is -2.41. The lowest BCUT2D eigenvalue weighted by Gasteiger charge is -2.48. The maximum Gasteiger partial charge on any atom is 0.252 e. The summed E-state index contributed by atoms with van der Waals surface area (Å²) in [4.78, 5) is 7.27. The normalized spacial score (nSPS) is 18.2. The van der Waals surface area contributed by atoms with Crippen LogP contribution in [0.1, 0.15) is 139 Å². The van der Waals surface area contributed by atoms with Gasteiger partial charge >= 0.3 is 0 Å². The van der Waals surface area contributed by atoms with E-state index in [2.05, 4.69) is 249 Å². The first-order chi connectivity index (χ1) is 35.9. The van der Waals surface area contributed by atoms with Gasteiger partial charge in [-0.15, -0.1) is 0 Å². The highest BCUT2D eigenvalue weighted by atomic mass is 15.2. The molecule has 8 aromatic carbocycles. The molecule has 2 aliphatic carbocycles. The maximum atomic E-state index is 9.31. The highest BCUT2D eigenvalue weighted by Gasteiger charge is 2.48. The quantitative estimate of drug-likeness (QED) is 0.154. The maximum absolute atomic E-state index is 9.31. The number of rotatable bonds is 6. The number of fused-ring (bicyclic) bond motifs is 6. The van der Waals surface area contributed by atoms with Crippen LogP contribution < -0.4 is 31.1 Å². The van der Waals surface area contributed by atoms with Crippen molar-refractivity contribution in [3.05, 3.63) is 203 Å². The van der Waals surface area contributed by atoms with Gasteiger partial charge in [0.2, 0.25) is 0 Å². The van der Waals surface area contributed by atoms with E-state index in [9.17, 15) is 4.11 Å². The molecule has 12 rings (SSSR count). The molecule has 0 fully saturated rings. The fraction of sp³-hybridized carbons (Fsp3) is 0.304. The van der Waals surface area contributed by atoms with Crippen LogP contribution in [0.15, 0.2) is 170 Å². The molecule has 4 aliphatic rings. The molecule has 73 heavy (non-hydrogen) atoms. The molecule has 2 heterocycles. The van der Waals surface area contributed by atoms with Crippen molar-refractivity contribution in [3.8, 4) is 11.1 Å². The van der Waals surface area contributed by atoms with Gasteiger partial charge in [-0.1, -0.05) is 161 Å². The van der Waals surface area contributed by atoms with Crippen molar-refractivity contribution in [1.29, 1.82) is 0 Å². The van der Waals surface area contributed by atoms with Crippen LogP contribution in [-0.2, 0) is 27.1 Å². The van der Waals surface area contributed by atoms with Gasteiger partial charge in [0.15, 0.2) is 0 Å². The molecule has 0 N–H and O–H groups in total. The fourth-order valence-electron chi connectivity index (χ4n) is 13.1. The van der Waals surface area contributed by atoms with Crippen LogP contribution in [0.3, 0.4) is 0 Å². The summed E-state index contributed by atoms with van der Waals surface area (Å²) < 4.78 is 27.9. The molecule has 0 spiro atoms. The molecule has 3 nitrogen and oxygen atoms in total. The zero-order valence-corrected chi connectivity index (χ0v) is 44.9. The number of benzene rings is 8. The largest absolute Gasteiger partial charge is 0.311 e. The molecular weight excluding hydrogens is 882 g/mol. The molecule has 0 amide bonds. The summed E-state index contributed by atoms with van der Waals surface area (Å²) in [5.74, 6) is 0. The van der Waals surface area contributed by atoms with E-state index in [0.29, 0.717) is 5.56 Å². The van der Waals surface area contributed by atoms with Crippen LogP contribution in [0.5, 0.6) is 0 Å². The van der Waals surface area contributed by atoms with Gasteiger partial charge < -0.3 is 14.7 Å². The van der Waals surface area contributed by atoms with Gasteiger partial charge in [-0.05, 0) is 200 Å². The molecule has 0 saturated heterocycles. The molecule has 8 aromatic rings. The Labute approximate surface area is 441 Å². The van der Waals surface area contributed by atoms with E-state index in [1.165, 1.54) is 38.7 Å². The molecule has 0 atom stereocenters. The van der Waals surface area contributed by atoms with Crippen molar-refractivity contribution in [2.75, 3.05) is 14.7 Å². The summed E-state index contributed by atoms with van der Waals surface area (Å²) in [5.41, 5.74) is 21.8. The Kier molecular flexibility index (Phi) is 9.97. The van der Waals surface area contributed by atoms with Gasteiger partial charge in [-0.25, -0.2) is 0 Å². The van der Waals surface area contributed by atoms with Crippen molar-refractivity contribution in [2.24, 2.45) is 0 Å². The summed E-state index contributed by atoms with van der Waals surface area (Å²) >= 11 is 0. The van der Waals surface area contributed by atoms with Gasteiger partial charge in [-0.2, -0.15) is 0 Å². The average molecular weight is 957 g/mol. The molecule has 0 saturated carbocycles. The summed E-state index contributed by atoms with van der Waals surface area (Å²) in [6, 6.07) is 62.4. The second kappa shape index (κ2) is 16.6. The third-order valence-corrected chi connectivity index (χ3v) is 17.6. The van der Waals surface area contributed by atoms with E-state index >= 15 is 0 Å². The van der Waals surface area contributed by atoms with Crippen molar-refractivity contribution in [2.45, 2.75) is 136 Å². The minimum Gasteiger partial charge on any atom is -0.311 e. The Balaban J connectivity index is 1.24. The zero-order chi connectivity index (χ0) is 53.5. The number of nitrogens with zero attached hydrogens (tertiary/aromatic N) is 3. The van der Waals surface area contributed by atoms with E-state index in [0.717, 1.165) is 93.5 Å². The van der Waals surface area contributed by atoms with E-state index in [1.807, 2.05) is 12.1 Å². The molecule has 0 bridgehead atoms. The summed E-state index contributed by atoms with van der Waals surface area (Å²) in [5, 5.41) is 0. The Hall–Kier alpha value is -6.78. The standard InChI is InChI=1S/C69H72BN3/c1-45-38-62-64-63(39-45)73(59-32-28-47(65(2,3)4)40-52(59)46-22-16-13-17-23-46)60-33-30-51(71(48-24-18-14-19-25-48)49-26-20-15-21-27-49)42-57(60)70(64)58-43-55-56(69(11,12)37-36-68(55,9)10)44-61(58)72(62)50-29-31-53-54(41-50)67(7,8)35-34-66(53,5)6/h13-33,38-44H,34-37H2,1-12H3/i1D3. The number of aryl methyl sites for hydroxylation is 1. The lowest BCUT2D eigenvalue weighted by molar-refractivity contribution is 0.332. The molecular formula is C69H72BN3. The number of hydrogen-bond acceptors (Lipinski definition) is 3. The van der Waals surface area contributed by atoms with Gasteiger partial charge in [0.05, 0.1) is 5.69 Å². The molecule has 0 unspecified atom stereocenters. The summed E-state index contributed by atoms with van der Waals surface area (Å²) in [7, 11) is 0. The molecule has 366 valence electrons. The Morgan fingerprint density at radius 1 is 0.452 bits per heavy atom. The fourth-order valence-corrected chi connectivity index (χ4v) is 13.1. The van der Waals surface area contributed by atoms with Gasteiger partial charge in [0.25, 0.3) is 6.71 Å². The monoisotopic (exact) mass is 957 g/mol. The van der Waals surface area contributed by atoms with Crippen LogP contribution in [0, 0.1) is 6.85 Å². The van der Waals surface area contributed by atoms with E-state index in [-0.39, 0.29) is 33.8 Å². The number of hydrogen-bond donors (Lipinski definition) is 0. The van der Waals surface area contributed by atoms with Crippen molar-refractivity contribution in [3.63, 3.8) is 0 Å². The first kappa shape index (κ1) is 43.8. The molecule has 2 aliphatic heterocycles. The second-order valence-electron chi connectivity index (χ2n) is 25.4. The molecule has 4 heteroatoms. The van der Waals surface area contributed by atoms with E-state index < -0.39 is 6.85 Å². The van der Waals surface area contributed by atoms with Gasteiger partial charge in [-0.3, -0.25) is 0 Å². The first-order valence-electron chi connectivity index (χ1n) is 28.3.